The third kappa shape index (κ3) is 4.01. The molecule has 0 radical (unpaired) electrons. The number of amides is 2. The molecule has 6 heteroatoms. The van der Waals surface area contributed by atoms with Gasteiger partial charge in [-0.2, -0.15) is 5.10 Å². The summed E-state index contributed by atoms with van der Waals surface area (Å²) in [6, 6.07) is 26.4. The highest BCUT2D eigenvalue weighted by atomic mass is 16.5. The first-order chi connectivity index (χ1) is 16.7. The van der Waals surface area contributed by atoms with E-state index in [9.17, 15) is 9.59 Å². The third-order valence-corrected chi connectivity index (χ3v) is 5.79. The van der Waals surface area contributed by atoms with Crippen LogP contribution in [0.1, 0.15) is 38.8 Å². The predicted octanol–water partition coefficient (Wildman–Crippen LogP) is 5.16. The number of nitrogens with zero attached hydrogens (tertiary/aromatic N) is 2. The van der Waals surface area contributed by atoms with Crippen LogP contribution in [0.3, 0.4) is 0 Å². The molecule has 6 nitrogen and oxygen atoms in total. The van der Waals surface area contributed by atoms with Crippen LogP contribution >= 0.6 is 0 Å². The zero-order chi connectivity index (χ0) is 23.5. The van der Waals surface area contributed by atoms with Crippen LogP contribution in [0.25, 0.3) is 10.8 Å². The molecular weight excluding hydrogens is 426 g/mol. The van der Waals surface area contributed by atoms with Crippen molar-refractivity contribution in [3.8, 4) is 5.75 Å². The van der Waals surface area contributed by atoms with E-state index < -0.39 is 0 Å². The summed E-state index contributed by atoms with van der Waals surface area (Å²) in [7, 11) is 0. The zero-order valence-electron chi connectivity index (χ0n) is 18.7. The lowest BCUT2D eigenvalue weighted by atomic mass is 10.1. The molecule has 1 N–H and O–H groups in total. The van der Waals surface area contributed by atoms with Crippen LogP contribution in [-0.2, 0) is 6.54 Å². The fourth-order valence-electron chi connectivity index (χ4n) is 4.18. The molecule has 0 unspecified atom stereocenters. The van der Waals surface area contributed by atoms with Gasteiger partial charge >= 0.3 is 0 Å². The van der Waals surface area contributed by atoms with E-state index in [2.05, 4.69) is 10.5 Å². The van der Waals surface area contributed by atoms with Crippen molar-refractivity contribution in [3.63, 3.8) is 0 Å². The number of hydrogen-bond donors (Lipinski definition) is 1. The first-order valence-electron chi connectivity index (χ1n) is 11.1. The quantitative estimate of drug-likeness (QED) is 0.313. The second-order valence-electron chi connectivity index (χ2n) is 7.94. The Bertz CT molecular complexity index is 1410. The molecule has 0 spiro atoms. The number of hydrogen-bond acceptors (Lipinski definition) is 4. The van der Waals surface area contributed by atoms with Gasteiger partial charge in [-0.15, -0.1) is 0 Å². The van der Waals surface area contributed by atoms with E-state index >= 15 is 0 Å². The lowest BCUT2D eigenvalue weighted by Crippen LogP contribution is -2.26. The standard InChI is InChI=1S/C28H23N3O3/c1-2-34-25-12-4-3-7-22(25)17-29-30-27(32)21-15-13-19(14-16-21)18-31-24-11-6-9-20-8-5-10-23(26(20)24)28(31)33/h3-17H,2,18H2,1H3,(H,30,32). The molecule has 0 saturated heterocycles. The maximum absolute atomic E-state index is 13.0. The van der Waals surface area contributed by atoms with Crippen molar-refractivity contribution in [1.29, 1.82) is 0 Å². The van der Waals surface area contributed by atoms with Crippen molar-refractivity contribution in [2.45, 2.75) is 13.5 Å². The van der Waals surface area contributed by atoms with Crippen molar-refractivity contribution in [2.75, 3.05) is 11.5 Å². The Morgan fingerprint density at radius 1 is 0.971 bits per heavy atom. The summed E-state index contributed by atoms with van der Waals surface area (Å²) in [5.74, 6) is 0.392. The summed E-state index contributed by atoms with van der Waals surface area (Å²) in [5, 5.41) is 6.12. The van der Waals surface area contributed by atoms with Crippen LogP contribution in [0.15, 0.2) is 90.0 Å². The number of anilines is 1. The summed E-state index contributed by atoms with van der Waals surface area (Å²) < 4.78 is 5.56. The van der Waals surface area contributed by atoms with Crippen molar-refractivity contribution >= 4 is 34.5 Å². The molecule has 0 aliphatic carbocycles. The molecule has 5 rings (SSSR count). The van der Waals surface area contributed by atoms with Crippen LogP contribution in [0.2, 0.25) is 0 Å². The van der Waals surface area contributed by atoms with E-state index in [0.717, 1.165) is 33.2 Å². The Kier molecular flexibility index (Phi) is 5.79. The van der Waals surface area contributed by atoms with Gasteiger partial charge in [0.25, 0.3) is 11.8 Å². The average Bonchev–Trinajstić information content (AvgIpc) is 3.13. The summed E-state index contributed by atoms with van der Waals surface area (Å²) in [6.07, 6.45) is 1.56. The Labute approximate surface area is 197 Å². The minimum atomic E-state index is -0.314. The lowest BCUT2D eigenvalue weighted by Gasteiger charge is -2.18. The monoisotopic (exact) mass is 449 g/mol. The molecule has 4 aromatic carbocycles. The minimum Gasteiger partial charge on any atom is -0.493 e. The van der Waals surface area contributed by atoms with E-state index in [1.165, 1.54) is 0 Å². The van der Waals surface area contributed by atoms with Gasteiger partial charge in [-0.05, 0) is 54.3 Å². The summed E-state index contributed by atoms with van der Waals surface area (Å²) >= 11 is 0. The van der Waals surface area contributed by atoms with E-state index in [0.29, 0.717) is 24.5 Å². The summed E-state index contributed by atoms with van der Waals surface area (Å²) in [4.78, 5) is 27.3. The van der Waals surface area contributed by atoms with Gasteiger partial charge in [0.05, 0.1) is 25.1 Å². The van der Waals surface area contributed by atoms with Crippen LogP contribution < -0.4 is 15.1 Å². The van der Waals surface area contributed by atoms with Gasteiger partial charge in [0.15, 0.2) is 0 Å². The Morgan fingerprint density at radius 2 is 1.74 bits per heavy atom. The first kappa shape index (κ1) is 21.4. The number of hydrazone groups is 1. The highest BCUT2D eigenvalue weighted by molar-refractivity contribution is 6.24. The van der Waals surface area contributed by atoms with Crippen LogP contribution in [0.5, 0.6) is 5.75 Å². The van der Waals surface area contributed by atoms with Crippen molar-refractivity contribution in [1.82, 2.24) is 5.43 Å². The van der Waals surface area contributed by atoms with Gasteiger partial charge < -0.3 is 9.64 Å². The SMILES string of the molecule is CCOc1ccccc1C=NNC(=O)c1ccc(CN2C(=O)c3cccc4cccc2c34)cc1. The molecular formula is C28H23N3O3. The molecule has 2 amide bonds. The van der Waals surface area contributed by atoms with E-state index in [1.54, 1.807) is 23.2 Å². The number of nitrogens with one attached hydrogen (secondary N) is 1. The van der Waals surface area contributed by atoms with Crippen LogP contribution in [-0.4, -0.2) is 24.6 Å². The second-order valence-corrected chi connectivity index (χ2v) is 7.94. The fourth-order valence-corrected chi connectivity index (χ4v) is 4.18. The van der Waals surface area contributed by atoms with Crippen molar-refractivity contribution in [3.05, 3.63) is 107 Å². The molecule has 0 fully saturated rings. The normalized spacial score (nSPS) is 12.5. The van der Waals surface area contributed by atoms with Crippen molar-refractivity contribution in [2.24, 2.45) is 5.10 Å². The summed E-state index contributed by atoms with van der Waals surface area (Å²) in [5.41, 5.74) is 6.40. The highest BCUT2D eigenvalue weighted by Crippen LogP contribution is 2.37. The number of benzene rings is 4. The first-order valence-corrected chi connectivity index (χ1v) is 11.1. The lowest BCUT2D eigenvalue weighted by molar-refractivity contribution is 0.0953. The van der Waals surface area contributed by atoms with Gasteiger partial charge in [0, 0.05) is 22.1 Å². The number of carbonyl (C=O) groups is 2. The van der Waals surface area contributed by atoms with E-state index in [-0.39, 0.29) is 11.8 Å². The predicted molar refractivity (Wildman–Crippen MR) is 134 cm³/mol. The number of para-hydroxylation sites is 1. The van der Waals surface area contributed by atoms with Gasteiger partial charge in [0.1, 0.15) is 5.75 Å². The molecule has 0 bridgehead atoms. The van der Waals surface area contributed by atoms with E-state index in [1.807, 2.05) is 79.7 Å². The molecule has 1 aliphatic heterocycles. The maximum atomic E-state index is 13.0. The summed E-state index contributed by atoms with van der Waals surface area (Å²) in [6.45, 7) is 2.90. The Hall–Kier alpha value is -4.45. The van der Waals surface area contributed by atoms with Gasteiger partial charge in [-0.3, -0.25) is 9.59 Å². The second kappa shape index (κ2) is 9.19. The molecule has 0 aromatic heterocycles. The molecule has 0 saturated carbocycles. The van der Waals surface area contributed by atoms with Crippen LogP contribution in [0.4, 0.5) is 5.69 Å². The molecule has 34 heavy (non-hydrogen) atoms. The molecule has 1 heterocycles. The minimum absolute atomic E-state index is 0.00436. The molecule has 168 valence electrons. The molecule has 1 aliphatic rings. The highest BCUT2D eigenvalue weighted by Gasteiger charge is 2.29. The smallest absolute Gasteiger partial charge is 0.271 e. The third-order valence-electron chi connectivity index (χ3n) is 5.79. The van der Waals surface area contributed by atoms with Crippen LogP contribution in [0, 0.1) is 0 Å². The van der Waals surface area contributed by atoms with Gasteiger partial charge in [0.2, 0.25) is 0 Å². The van der Waals surface area contributed by atoms with E-state index in [4.69, 9.17) is 4.74 Å². The largest absolute Gasteiger partial charge is 0.493 e. The Morgan fingerprint density at radius 3 is 2.53 bits per heavy atom. The molecule has 0 atom stereocenters. The maximum Gasteiger partial charge on any atom is 0.271 e. The topological polar surface area (TPSA) is 71.0 Å². The number of ether oxygens (including phenoxy) is 1. The van der Waals surface area contributed by atoms with Gasteiger partial charge in [-0.1, -0.05) is 48.5 Å². The average molecular weight is 450 g/mol. The van der Waals surface area contributed by atoms with Gasteiger partial charge in [-0.25, -0.2) is 5.43 Å². The Balaban J connectivity index is 1.26. The van der Waals surface area contributed by atoms with Crippen molar-refractivity contribution < 1.29 is 14.3 Å². The molecule has 4 aromatic rings. The zero-order valence-corrected chi connectivity index (χ0v) is 18.7. The fraction of sp³-hybridized carbons (Fsp3) is 0.107. The number of carbonyl (C=O) groups excluding carboxylic acids is 2. The number of rotatable bonds is 7.